The third-order valence-electron chi connectivity index (χ3n) is 9.24. The molecule has 4 aromatic rings. The molecule has 1 aliphatic heterocycles. The van der Waals surface area contributed by atoms with Crippen molar-refractivity contribution in [2.24, 2.45) is 0 Å². The van der Waals surface area contributed by atoms with E-state index >= 15 is 0 Å². The van der Waals surface area contributed by atoms with Crippen LogP contribution in [0.25, 0.3) is 11.1 Å². The van der Waals surface area contributed by atoms with E-state index in [0.717, 1.165) is 66.7 Å². The molecule has 50 heavy (non-hydrogen) atoms. The number of carboxylic acids is 1. The number of aliphatic carboxylic acids is 1. The second-order valence-corrected chi connectivity index (χ2v) is 13.7. The van der Waals surface area contributed by atoms with Crippen LogP contribution in [0, 0.1) is 0 Å². The van der Waals surface area contributed by atoms with Gasteiger partial charge in [0.25, 0.3) is 0 Å². The quantitative estimate of drug-likeness (QED) is 0.101. The Morgan fingerprint density at radius 1 is 1.04 bits per heavy atom. The van der Waals surface area contributed by atoms with Crippen LogP contribution in [-0.4, -0.2) is 75.7 Å². The molecule has 1 saturated heterocycles. The van der Waals surface area contributed by atoms with Gasteiger partial charge in [-0.15, -0.1) is 0 Å². The fourth-order valence-electron chi connectivity index (χ4n) is 6.24. The topological polar surface area (TPSA) is 134 Å². The summed E-state index contributed by atoms with van der Waals surface area (Å²) in [6.07, 6.45) is 5.25. The molecular formula is C38H41Cl2N3O7. The minimum atomic E-state index is -1.55. The number of β-amino-alcohol motifs (C(OH)–C–C–N with tert-alkyl or cyclic N) is 1. The number of carboxylic acid groups (broad SMARTS) is 1. The Bertz CT molecular complexity index is 1810. The summed E-state index contributed by atoms with van der Waals surface area (Å²) < 4.78 is 18.9. The third-order valence-corrected chi connectivity index (χ3v) is 9.93. The average molecular weight is 723 g/mol. The lowest BCUT2D eigenvalue weighted by molar-refractivity contribution is -0.145. The van der Waals surface area contributed by atoms with Gasteiger partial charge >= 0.3 is 5.97 Å². The number of nitrogens with one attached hydrogen (secondary N) is 1. The normalized spacial score (nSPS) is 17.1. The number of aliphatic hydroxyl groups is 2. The van der Waals surface area contributed by atoms with E-state index < -0.39 is 18.1 Å². The van der Waals surface area contributed by atoms with Crippen molar-refractivity contribution in [2.45, 2.75) is 57.1 Å². The van der Waals surface area contributed by atoms with Crippen LogP contribution in [-0.2, 0) is 24.4 Å². The minimum Gasteiger partial charge on any atom is -0.492 e. The first kappa shape index (κ1) is 35.9. The summed E-state index contributed by atoms with van der Waals surface area (Å²) in [6.45, 7) is 3.95. The zero-order valence-electron chi connectivity index (χ0n) is 27.8. The number of aromatic nitrogens is 1. The van der Waals surface area contributed by atoms with Gasteiger partial charge in [0.2, 0.25) is 0 Å². The van der Waals surface area contributed by atoms with Gasteiger partial charge in [-0.2, -0.15) is 0 Å². The van der Waals surface area contributed by atoms with Crippen molar-refractivity contribution in [2.75, 3.05) is 32.8 Å². The van der Waals surface area contributed by atoms with E-state index in [1.807, 2.05) is 36.4 Å². The molecule has 1 unspecified atom stereocenters. The zero-order chi connectivity index (χ0) is 35.3. The molecule has 3 aromatic carbocycles. The van der Waals surface area contributed by atoms with E-state index in [9.17, 15) is 20.1 Å². The number of likely N-dealkylation sites (tertiary alicyclic amines) is 1. The predicted molar refractivity (Wildman–Crippen MR) is 191 cm³/mol. The molecule has 6 rings (SSSR count). The average Bonchev–Trinajstić information content (AvgIpc) is 3.52. The van der Waals surface area contributed by atoms with Gasteiger partial charge in [-0.05, 0) is 61.1 Å². The Morgan fingerprint density at radius 2 is 1.84 bits per heavy atom. The van der Waals surface area contributed by atoms with Crippen LogP contribution in [0.1, 0.15) is 48.1 Å². The molecule has 264 valence electrons. The number of hydrogen-bond donors (Lipinski definition) is 4. The summed E-state index contributed by atoms with van der Waals surface area (Å²) in [5.74, 6) is 0.358. The molecule has 2 atom stereocenters. The van der Waals surface area contributed by atoms with Gasteiger partial charge < -0.3 is 29.5 Å². The van der Waals surface area contributed by atoms with Crippen molar-refractivity contribution in [1.82, 2.24) is 15.2 Å². The van der Waals surface area contributed by atoms with Crippen molar-refractivity contribution in [1.29, 1.82) is 0 Å². The Balaban J connectivity index is 1.20. The number of pyridine rings is 1. The molecule has 0 radical (unpaired) electrons. The molecule has 12 heteroatoms. The monoisotopic (exact) mass is 721 g/mol. The molecule has 1 aliphatic carbocycles. The van der Waals surface area contributed by atoms with E-state index in [1.54, 1.807) is 24.5 Å². The van der Waals surface area contributed by atoms with Crippen LogP contribution < -0.4 is 19.5 Å². The van der Waals surface area contributed by atoms with Crippen molar-refractivity contribution >= 4 is 29.2 Å². The maximum absolute atomic E-state index is 11.8. The number of ether oxygens (including phenoxy) is 3. The second kappa shape index (κ2) is 16.0. The van der Waals surface area contributed by atoms with Crippen LogP contribution in [0.15, 0.2) is 73.1 Å². The molecule has 0 saturated carbocycles. The van der Waals surface area contributed by atoms with E-state index in [-0.39, 0.29) is 25.4 Å². The van der Waals surface area contributed by atoms with Crippen molar-refractivity contribution in [3.8, 4) is 28.4 Å². The molecule has 10 nitrogen and oxygen atoms in total. The fraction of sp³-hybridized carbons (Fsp3) is 0.368. The largest absolute Gasteiger partial charge is 0.492 e. The van der Waals surface area contributed by atoms with Gasteiger partial charge in [0, 0.05) is 61.3 Å². The lowest BCUT2D eigenvalue weighted by Gasteiger charge is -2.35. The first-order valence-electron chi connectivity index (χ1n) is 16.7. The lowest BCUT2D eigenvalue weighted by atomic mass is 9.96. The van der Waals surface area contributed by atoms with Gasteiger partial charge in [0.15, 0.2) is 0 Å². The molecule has 0 amide bonds. The van der Waals surface area contributed by atoms with Crippen LogP contribution in [0.5, 0.6) is 17.2 Å². The molecule has 2 aliphatic rings. The van der Waals surface area contributed by atoms with Crippen LogP contribution in [0.2, 0.25) is 10.0 Å². The van der Waals surface area contributed by atoms with Crippen LogP contribution in [0.3, 0.4) is 0 Å². The summed E-state index contributed by atoms with van der Waals surface area (Å²) in [7, 11) is 0. The number of fused-ring (bicyclic) bond motifs is 1. The van der Waals surface area contributed by atoms with Crippen molar-refractivity contribution in [3.63, 3.8) is 0 Å². The van der Waals surface area contributed by atoms with Gasteiger partial charge in [-0.1, -0.05) is 59.6 Å². The molecule has 1 aromatic heterocycles. The Hall–Kier alpha value is -3.90. The summed E-state index contributed by atoms with van der Waals surface area (Å²) >= 11 is 13.7. The number of rotatable bonds is 16. The van der Waals surface area contributed by atoms with E-state index in [4.69, 9.17) is 37.4 Å². The summed E-state index contributed by atoms with van der Waals surface area (Å²) in [5.41, 5.74) is 4.02. The number of benzene rings is 3. The minimum absolute atomic E-state index is 0.0769. The standard InChI is InChI=1S/C38H41Cl2N3O7/c1-38(23-44,37(46)47)42-19-25-16-31(39)35(17-34(25)49-22-24-6-4-13-41-18-24)50-32-12-11-28-27(7-2-8-29(28)32)30-9-3-10-33(36(30)40)48-15-5-14-43-20-26(45)21-43/h2-4,6-10,13,16-18,26,32,42,44-45H,5,11-12,14-15,19-23H2,1H3,(H,46,47)/t32-,38?/m0/s1. The van der Waals surface area contributed by atoms with Gasteiger partial charge in [0.1, 0.15) is 35.5 Å². The summed E-state index contributed by atoms with van der Waals surface area (Å²) in [4.78, 5) is 18.1. The molecule has 0 spiro atoms. The number of carbonyl (C=O) groups is 1. The number of aliphatic hydroxyl groups excluding tert-OH is 2. The Kier molecular flexibility index (Phi) is 11.5. The van der Waals surface area contributed by atoms with Gasteiger partial charge in [-0.3, -0.25) is 20.0 Å². The highest BCUT2D eigenvalue weighted by atomic mass is 35.5. The van der Waals surface area contributed by atoms with Crippen LogP contribution in [0.4, 0.5) is 0 Å². The van der Waals surface area contributed by atoms with Gasteiger partial charge in [-0.25, -0.2) is 0 Å². The predicted octanol–water partition coefficient (Wildman–Crippen LogP) is 6.07. The van der Waals surface area contributed by atoms with Crippen molar-refractivity contribution < 1.29 is 34.3 Å². The highest BCUT2D eigenvalue weighted by Gasteiger charge is 2.33. The molecule has 0 bridgehead atoms. The molecule has 2 heterocycles. The smallest absolute Gasteiger partial charge is 0.326 e. The number of hydrogen-bond acceptors (Lipinski definition) is 9. The van der Waals surface area contributed by atoms with Crippen LogP contribution >= 0.6 is 23.2 Å². The number of halogens is 2. The number of nitrogens with zero attached hydrogens (tertiary/aromatic N) is 2. The maximum Gasteiger partial charge on any atom is 0.326 e. The first-order chi connectivity index (χ1) is 24.1. The second-order valence-electron chi connectivity index (χ2n) is 12.9. The fourth-order valence-corrected chi connectivity index (χ4v) is 6.76. The highest BCUT2D eigenvalue weighted by molar-refractivity contribution is 6.35. The highest BCUT2D eigenvalue weighted by Crippen LogP contribution is 2.45. The lowest BCUT2D eigenvalue weighted by Crippen LogP contribution is -2.52. The molecular weight excluding hydrogens is 681 g/mol. The van der Waals surface area contributed by atoms with Crippen molar-refractivity contribution in [3.05, 3.63) is 105 Å². The Labute approximate surface area is 301 Å². The maximum atomic E-state index is 11.8. The molecule has 4 N–H and O–H groups in total. The van der Waals surface area contributed by atoms with E-state index in [1.165, 1.54) is 6.92 Å². The molecule has 1 fully saturated rings. The Morgan fingerprint density at radius 3 is 2.58 bits per heavy atom. The summed E-state index contributed by atoms with van der Waals surface area (Å²) in [6, 6.07) is 19.1. The van der Waals surface area contributed by atoms with E-state index in [2.05, 4.69) is 27.3 Å². The summed E-state index contributed by atoms with van der Waals surface area (Å²) in [5, 5.41) is 32.7. The first-order valence-corrected chi connectivity index (χ1v) is 17.4. The van der Waals surface area contributed by atoms with E-state index in [0.29, 0.717) is 39.5 Å². The van der Waals surface area contributed by atoms with Gasteiger partial charge in [0.05, 0.1) is 29.4 Å². The zero-order valence-corrected chi connectivity index (χ0v) is 29.3. The SMILES string of the molecule is CC(CO)(NCc1cc(Cl)c(O[C@H]2CCc3c(-c4cccc(OCCCN5CC(O)C5)c4Cl)cccc32)cc1OCc1cccnc1)C(=O)O. The third kappa shape index (κ3) is 8.18.